The molecule has 1 fully saturated rings. The molecule has 1 unspecified atom stereocenters. The number of anilines is 1. The van der Waals surface area contributed by atoms with E-state index in [2.05, 4.69) is 22.2 Å². The number of hydrogen-bond acceptors (Lipinski definition) is 6. The van der Waals surface area contributed by atoms with Gasteiger partial charge >= 0.3 is 0 Å². The highest BCUT2D eigenvalue weighted by molar-refractivity contribution is 7.19. The molecule has 1 atom stereocenters. The van der Waals surface area contributed by atoms with E-state index >= 15 is 0 Å². The van der Waals surface area contributed by atoms with Crippen LogP contribution in [0.5, 0.6) is 0 Å². The predicted octanol–water partition coefficient (Wildman–Crippen LogP) is 2.93. The van der Waals surface area contributed by atoms with Crippen LogP contribution in [0.4, 0.5) is 5.13 Å². The molecule has 3 amide bonds. The van der Waals surface area contributed by atoms with Gasteiger partial charge in [-0.25, -0.2) is 9.97 Å². The van der Waals surface area contributed by atoms with E-state index in [-0.39, 0.29) is 29.5 Å². The third-order valence-electron chi connectivity index (χ3n) is 5.63. The van der Waals surface area contributed by atoms with Crippen molar-refractivity contribution in [1.82, 2.24) is 19.8 Å². The van der Waals surface area contributed by atoms with E-state index in [0.717, 1.165) is 23.3 Å². The summed E-state index contributed by atoms with van der Waals surface area (Å²) in [5.41, 5.74) is 2.72. The lowest BCUT2D eigenvalue weighted by Crippen LogP contribution is -2.35. The predicted molar refractivity (Wildman–Crippen MR) is 114 cm³/mol. The molecule has 2 aromatic heterocycles. The molecule has 0 aromatic carbocycles. The molecule has 1 aliphatic carbocycles. The number of carbonyl (C=O) groups excluding carboxylic acids is 3. The summed E-state index contributed by atoms with van der Waals surface area (Å²) in [5.74, 6) is -0.0797. The summed E-state index contributed by atoms with van der Waals surface area (Å²) in [4.78, 5) is 50.6. The fourth-order valence-electron chi connectivity index (χ4n) is 3.84. The summed E-state index contributed by atoms with van der Waals surface area (Å²) in [6, 6.07) is 2.03. The maximum Gasteiger partial charge on any atom is 0.272 e. The average molecular weight is 428 g/mol. The number of fused-ring (bicyclic) bond motifs is 1. The number of nitrogens with one attached hydrogen (secondary N) is 1. The Morgan fingerprint density at radius 1 is 1.30 bits per heavy atom. The van der Waals surface area contributed by atoms with Crippen molar-refractivity contribution >= 4 is 34.2 Å². The smallest absolute Gasteiger partial charge is 0.272 e. The minimum atomic E-state index is -0.299. The molecule has 158 valence electrons. The van der Waals surface area contributed by atoms with Crippen LogP contribution in [0.2, 0.25) is 0 Å². The Bertz CT molecular complexity index is 1060. The minimum absolute atomic E-state index is 0.117. The maximum absolute atomic E-state index is 13.2. The fourth-order valence-corrected chi connectivity index (χ4v) is 4.82. The van der Waals surface area contributed by atoms with Crippen molar-refractivity contribution in [2.45, 2.75) is 46.2 Å². The van der Waals surface area contributed by atoms with Crippen molar-refractivity contribution in [3.8, 4) is 10.6 Å². The molecule has 0 bridgehead atoms. The summed E-state index contributed by atoms with van der Waals surface area (Å²) >= 11 is 1.31. The topological polar surface area (TPSA) is 95.5 Å². The molecule has 0 saturated heterocycles. The Balaban J connectivity index is 1.80. The van der Waals surface area contributed by atoms with Gasteiger partial charge in [0.05, 0.1) is 21.8 Å². The van der Waals surface area contributed by atoms with Crippen molar-refractivity contribution in [2.24, 2.45) is 5.92 Å². The standard InChI is InChI=1S/C21H25N5O3S/c1-10-18(30-21(22-10)23-12(3)27)15-8-14-9-26(11(2)13-6-7-13)19(28)16(14)17(24-15)20(29)25(4)5/h8,11,13H,6-7,9H2,1-5H3,(H,22,23,27). The molecule has 1 saturated carbocycles. The molecule has 30 heavy (non-hydrogen) atoms. The summed E-state index contributed by atoms with van der Waals surface area (Å²) in [6.07, 6.45) is 2.28. The largest absolute Gasteiger partial charge is 0.343 e. The van der Waals surface area contributed by atoms with Crippen LogP contribution < -0.4 is 5.32 Å². The molecule has 1 N–H and O–H groups in total. The lowest BCUT2D eigenvalue weighted by Gasteiger charge is -2.24. The van der Waals surface area contributed by atoms with Crippen molar-refractivity contribution < 1.29 is 14.4 Å². The summed E-state index contributed by atoms with van der Waals surface area (Å²) in [7, 11) is 3.31. The molecule has 1 aliphatic heterocycles. The lowest BCUT2D eigenvalue weighted by molar-refractivity contribution is -0.114. The second kappa shape index (κ2) is 7.46. The van der Waals surface area contributed by atoms with Gasteiger partial charge in [-0.3, -0.25) is 14.4 Å². The van der Waals surface area contributed by atoms with Gasteiger partial charge in [0.25, 0.3) is 11.8 Å². The Morgan fingerprint density at radius 3 is 2.60 bits per heavy atom. The van der Waals surface area contributed by atoms with E-state index in [0.29, 0.717) is 34.5 Å². The van der Waals surface area contributed by atoms with Gasteiger partial charge in [0.15, 0.2) is 5.13 Å². The zero-order valence-electron chi connectivity index (χ0n) is 17.8. The van der Waals surface area contributed by atoms with Crippen LogP contribution in [0.1, 0.15) is 58.8 Å². The van der Waals surface area contributed by atoms with E-state index in [1.54, 1.807) is 14.1 Å². The molecule has 3 heterocycles. The average Bonchev–Trinajstić information content (AvgIpc) is 3.39. The first-order chi connectivity index (χ1) is 14.2. The molecule has 0 spiro atoms. The van der Waals surface area contributed by atoms with Crippen LogP contribution in [-0.4, -0.2) is 57.6 Å². The van der Waals surface area contributed by atoms with Crippen molar-refractivity contribution in [2.75, 3.05) is 19.4 Å². The highest BCUT2D eigenvalue weighted by atomic mass is 32.1. The van der Waals surface area contributed by atoms with Crippen LogP contribution in [0.3, 0.4) is 0 Å². The second-order valence-corrected chi connectivity index (χ2v) is 9.21. The van der Waals surface area contributed by atoms with Crippen molar-refractivity contribution in [3.63, 3.8) is 0 Å². The van der Waals surface area contributed by atoms with E-state index in [4.69, 9.17) is 0 Å². The summed E-state index contributed by atoms with van der Waals surface area (Å²) in [6.45, 7) is 5.83. The number of thiazole rings is 1. The fraction of sp³-hybridized carbons (Fsp3) is 0.476. The number of nitrogens with zero attached hydrogens (tertiary/aromatic N) is 4. The quantitative estimate of drug-likeness (QED) is 0.792. The first-order valence-corrected chi connectivity index (χ1v) is 10.8. The maximum atomic E-state index is 13.2. The molecule has 2 aromatic rings. The SMILES string of the molecule is CC(=O)Nc1nc(C)c(-c2cc3c(c(C(=O)N(C)C)n2)C(=O)N(C(C)C2CC2)C3)s1. The van der Waals surface area contributed by atoms with Crippen LogP contribution in [0, 0.1) is 12.8 Å². The minimum Gasteiger partial charge on any atom is -0.343 e. The Hall–Kier alpha value is -2.81. The summed E-state index contributed by atoms with van der Waals surface area (Å²) in [5, 5.41) is 3.18. The van der Waals surface area contributed by atoms with E-state index in [1.165, 1.54) is 23.2 Å². The number of carbonyl (C=O) groups is 3. The monoisotopic (exact) mass is 427 g/mol. The van der Waals surface area contributed by atoms with Crippen molar-refractivity contribution in [3.05, 3.63) is 28.6 Å². The normalized spacial score (nSPS) is 16.4. The molecular formula is C21H25N5O3S. The first kappa shape index (κ1) is 20.5. The van der Waals surface area contributed by atoms with Crippen LogP contribution >= 0.6 is 11.3 Å². The molecule has 4 rings (SSSR count). The third kappa shape index (κ3) is 3.58. The second-order valence-electron chi connectivity index (χ2n) is 8.22. The lowest BCUT2D eigenvalue weighted by atomic mass is 10.1. The van der Waals surface area contributed by atoms with Gasteiger partial charge in [-0.05, 0) is 44.2 Å². The van der Waals surface area contributed by atoms with Gasteiger partial charge in [0, 0.05) is 33.6 Å². The Labute approximate surface area is 179 Å². The highest BCUT2D eigenvalue weighted by Crippen LogP contribution is 2.40. The van der Waals surface area contributed by atoms with Gasteiger partial charge < -0.3 is 15.1 Å². The number of aryl methyl sites for hydroxylation is 1. The third-order valence-corrected chi connectivity index (χ3v) is 6.73. The van der Waals surface area contributed by atoms with Crippen LogP contribution in [-0.2, 0) is 11.3 Å². The molecule has 8 nitrogen and oxygen atoms in total. The zero-order valence-corrected chi connectivity index (χ0v) is 18.6. The zero-order chi connectivity index (χ0) is 21.7. The highest BCUT2D eigenvalue weighted by Gasteiger charge is 2.41. The van der Waals surface area contributed by atoms with E-state index in [9.17, 15) is 14.4 Å². The van der Waals surface area contributed by atoms with E-state index < -0.39 is 0 Å². The number of pyridine rings is 1. The number of amides is 3. The summed E-state index contributed by atoms with van der Waals surface area (Å²) < 4.78 is 0. The molecular weight excluding hydrogens is 402 g/mol. The first-order valence-electron chi connectivity index (χ1n) is 9.99. The molecule has 9 heteroatoms. The number of aromatic nitrogens is 2. The molecule has 0 radical (unpaired) electrons. The Kier molecular flexibility index (Phi) is 5.09. The van der Waals surface area contributed by atoms with Gasteiger partial charge in [-0.1, -0.05) is 11.3 Å². The van der Waals surface area contributed by atoms with Gasteiger partial charge in [0.2, 0.25) is 5.91 Å². The van der Waals surface area contributed by atoms with Gasteiger partial charge in [-0.2, -0.15) is 0 Å². The van der Waals surface area contributed by atoms with Gasteiger partial charge in [-0.15, -0.1) is 0 Å². The molecule has 2 aliphatic rings. The van der Waals surface area contributed by atoms with E-state index in [1.807, 2.05) is 17.9 Å². The number of hydrogen-bond donors (Lipinski definition) is 1. The van der Waals surface area contributed by atoms with Crippen LogP contribution in [0.25, 0.3) is 10.6 Å². The van der Waals surface area contributed by atoms with Crippen LogP contribution in [0.15, 0.2) is 6.07 Å². The number of rotatable bonds is 5. The van der Waals surface area contributed by atoms with Gasteiger partial charge in [0.1, 0.15) is 5.69 Å². The Morgan fingerprint density at radius 2 is 2.00 bits per heavy atom. The van der Waals surface area contributed by atoms with Crippen molar-refractivity contribution in [1.29, 1.82) is 0 Å².